The molecule has 0 atom stereocenters. The van der Waals surface area contributed by atoms with E-state index in [-0.39, 0.29) is 18.1 Å². The van der Waals surface area contributed by atoms with E-state index in [4.69, 9.17) is 15.2 Å². The quantitative estimate of drug-likeness (QED) is 0.505. The first kappa shape index (κ1) is 22.9. The van der Waals surface area contributed by atoms with Crippen LogP contribution in [-0.2, 0) is 0 Å². The normalized spacial score (nSPS) is 19.8. The Hall–Kier alpha value is -3.89. The van der Waals surface area contributed by atoms with Crippen molar-refractivity contribution in [2.45, 2.75) is 63.6 Å². The van der Waals surface area contributed by atoms with E-state index in [1.807, 2.05) is 13.0 Å². The second kappa shape index (κ2) is 9.40. The molecular weight excluding hydrogens is 450 g/mol. The van der Waals surface area contributed by atoms with Gasteiger partial charge < -0.3 is 20.5 Å². The van der Waals surface area contributed by atoms with E-state index >= 15 is 0 Å². The number of amides is 2. The minimum Gasteiger partial charge on any atom is -0.481 e. The third-order valence-electron chi connectivity index (χ3n) is 6.60. The van der Waals surface area contributed by atoms with Crippen LogP contribution in [0.4, 0.5) is 0 Å². The van der Waals surface area contributed by atoms with Crippen molar-refractivity contribution in [3.63, 3.8) is 0 Å². The molecule has 0 aromatic carbocycles. The highest BCUT2D eigenvalue weighted by molar-refractivity contribution is 5.95. The Labute approximate surface area is 202 Å². The first-order chi connectivity index (χ1) is 16.9. The molecule has 2 aliphatic rings. The largest absolute Gasteiger partial charge is 0.481 e. The number of nitrogens with two attached hydrogens (primary N) is 1. The van der Waals surface area contributed by atoms with Gasteiger partial charge in [0.15, 0.2) is 0 Å². The third-order valence-corrected chi connectivity index (χ3v) is 6.60. The lowest BCUT2D eigenvalue weighted by molar-refractivity contribution is 0.0880. The van der Waals surface area contributed by atoms with Crippen LogP contribution < -0.4 is 20.5 Å². The van der Waals surface area contributed by atoms with Gasteiger partial charge in [-0.05, 0) is 51.5 Å². The molecule has 184 valence electrons. The van der Waals surface area contributed by atoms with Gasteiger partial charge in [0.25, 0.3) is 11.8 Å². The number of nitrogens with one attached hydrogen (secondary N) is 1. The van der Waals surface area contributed by atoms with Gasteiger partial charge in [-0.3, -0.25) is 14.3 Å². The van der Waals surface area contributed by atoms with Crippen LogP contribution in [0, 0.1) is 6.92 Å². The van der Waals surface area contributed by atoms with Crippen molar-refractivity contribution in [1.82, 2.24) is 29.9 Å². The first-order valence-corrected chi connectivity index (χ1v) is 11.8. The lowest BCUT2D eigenvalue weighted by Gasteiger charge is -2.29. The molecule has 2 fully saturated rings. The van der Waals surface area contributed by atoms with Crippen molar-refractivity contribution in [1.29, 1.82) is 0 Å². The summed E-state index contributed by atoms with van der Waals surface area (Å²) in [5.74, 6) is 0.138. The number of carbonyl (C=O) groups is 2. The predicted octanol–water partition coefficient (Wildman–Crippen LogP) is 2.33. The van der Waals surface area contributed by atoms with Crippen molar-refractivity contribution in [3.8, 4) is 17.4 Å². The number of ether oxygens (including phenoxy) is 2. The average molecular weight is 480 g/mol. The minimum atomic E-state index is -0.533. The van der Waals surface area contributed by atoms with Gasteiger partial charge >= 0.3 is 0 Å². The molecule has 0 bridgehead atoms. The van der Waals surface area contributed by atoms with E-state index in [1.54, 1.807) is 41.1 Å². The van der Waals surface area contributed by atoms with E-state index in [2.05, 4.69) is 20.5 Å². The summed E-state index contributed by atoms with van der Waals surface area (Å²) in [5, 5.41) is 11.9. The number of methoxy groups -OCH3 is 1. The number of nitrogens with zero attached hydrogens (tertiary/aromatic N) is 5. The van der Waals surface area contributed by atoms with Gasteiger partial charge in [0.2, 0.25) is 11.8 Å². The molecule has 11 heteroatoms. The molecule has 3 aromatic rings. The molecule has 11 nitrogen and oxygen atoms in total. The Kier molecular flexibility index (Phi) is 6.14. The molecule has 3 aromatic heterocycles. The Morgan fingerprint density at radius 2 is 1.86 bits per heavy atom. The smallest absolute Gasteiger partial charge is 0.255 e. The Morgan fingerprint density at radius 1 is 1.09 bits per heavy atom. The number of aromatic nitrogens is 5. The van der Waals surface area contributed by atoms with E-state index < -0.39 is 5.91 Å². The highest BCUT2D eigenvalue weighted by Crippen LogP contribution is 2.36. The van der Waals surface area contributed by atoms with E-state index in [0.29, 0.717) is 28.9 Å². The van der Waals surface area contributed by atoms with Crippen molar-refractivity contribution in [2.24, 2.45) is 5.73 Å². The van der Waals surface area contributed by atoms with Crippen LogP contribution in [0.5, 0.6) is 11.8 Å². The number of rotatable bonds is 8. The van der Waals surface area contributed by atoms with Gasteiger partial charge in [0.05, 0.1) is 42.5 Å². The molecule has 35 heavy (non-hydrogen) atoms. The molecule has 2 amide bonds. The molecule has 2 saturated carbocycles. The summed E-state index contributed by atoms with van der Waals surface area (Å²) in [6, 6.07) is 3.96. The third kappa shape index (κ3) is 4.84. The predicted molar refractivity (Wildman–Crippen MR) is 126 cm³/mol. The van der Waals surface area contributed by atoms with Crippen LogP contribution in [0.25, 0.3) is 5.69 Å². The van der Waals surface area contributed by atoms with Crippen molar-refractivity contribution in [3.05, 3.63) is 47.5 Å². The lowest BCUT2D eigenvalue weighted by Crippen LogP contribution is -2.40. The number of hydrogen-bond donors (Lipinski definition) is 2. The average Bonchev–Trinajstić information content (AvgIpc) is 3.51. The maximum absolute atomic E-state index is 12.9. The SMILES string of the molecule is COc1ccc(-n2ncc(C(=O)NC3CCC(Oc4nn(C5CC5)cc4C(N)=O)CC3)c2C)cn1. The fourth-order valence-electron chi connectivity index (χ4n) is 4.41. The topological polar surface area (TPSA) is 139 Å². The number of hydrogen-bond acceptors (Lipinski definition) is 7. The summed E-state index contributed by atoms with van der Waals surface area (Å²) in [6.07, 6.45) is 9.97. The van der Waals surface area contributed by atoms with Crippen molar-refractivity contribution < 1.29 is 19.1 Å². The molecule has 3 N–H and O–H groups in total. The first-order valence-electron chi connectivity index (χ1n) is 11.8. The minimum absolute atomic E-state index is 0.0346. The second-order valence-electron chi connectivity index (χ2n) is 9.10. The van der Waals surface area contributed by atoms with Crippen LogP contribution >= 0.6 is 0 Å². The van der Waals surface area contributed by atoms with E-state index in [1.165, 1.54) is 0 Å². The monoisotopic (exact) mass is 479 g/mol. The molecule has 0 radical (unpaired) electrons. The molecule has 0 unspecified atom stereocenters. The van der Waals surface area contributed by atoms with Crippen LogP contribution in [0.1, 0.15) is 71.0 Å². The fraction of sp³-hybridized carbons (Fsp3) is 0.458. The molecule has 0 saturated heterocycles. The van der Waals surface area contributed by atoms with Crippen molar-refractivity contribution >= 4 is 11.8 Å². The number of pyridine rings is 1. The van der Waals surface area contributed by atoms with Crippen molar-refractivity contribution in [2.75, 3.05) is 7.11 Å². The number of primary amides is 1. The zero-order chi connectivity index (χ0) is 24.5. The Balaban J connectivity index is 1.17. The van der Waals surface area contributed by atoms with E-state index in [9.17, 15) is 9.59 Å². The molecule has 2 aliphatic carbocycles. The molecule has 3 heterocycles. The maximum Gasteiger partial charge on any atom is 0.255 e. The highest BCUT2D eigenvalue weighted by Gasteiger charge is 2.30. The van der Waals surface area contributed by atoms with Crippen LogP contribution in [0.3, 0.4) is 0 Å². The van der Waals surface area contributed by atoms with Crippen LogP contribution in [0.2, 0.25) is 0 Å². The standard InChI is InChI=1S/C24H29N7O4/c1-14-19(12-27-31(14)17-7-10-21(34-2)26-11-17)23(33)28-15-3-8-18(9-4-15)35-24-20(22(25)32)13-30(29-24)16-5-6-16/h7,10-13,15-16,18H,3-6,8-9H2,1-2H3,(H2,25,32)(H,28,33). The maximum atomic E-state index is 12.9. The Bertz CT molecular complexity index is 1220. The van der Waals surface area contributed by atoms with Gasteiger partial charge in [-0.25, -0.2) is 9.67 Å². The fourth-order valence-corrected chi connectivity index (χ4v) is 4.41. The zero-order valence-corrected chi connectivity index (χ0v) is 19.8. The summed E-state index contributed by atoms with van der Waals surface area (Å²) >= 11 is 0. The number of carbonyl (C=O) groups excluding carboxylic acids is 2. The van der Waals surface area contributed by atoms with Gasteiger partial charge in [0, 0.05) is 18.3 Å². The summed E-state index contributed by atoms with van der Waals surface area (Å²) in [4.78, 5) is 29.0. The van der Waals surface area contributed by atoms with Gasteiger partial charge in [-0.15, -0.1) is 5.10 Å². The summed E-state index contributed by atoms with van der Waals surface area (Å²) in [6.45, 7) is 1.86. The van der Waals surface area contributed by atoms with Gasteiger partial charge in [0.1, 0.15) is 11.7 Å². The van der Waals surface area contributed by atoms with Gasteiger partial charge in [-0.2, -0.15) is 5.10 Å². The van der Waals surface area contributed by atoms with E-state index in [0.717, 1.165) is 49.9 Å². The molecule has 0 aliphatic heterocycles. The highest BCUT2D eigenvalue weighted by atomic mass is 16.5. The van der Waals surface area contributed by atoms with Crippen LogP contribution in [-0.4, -0.2) is 55.6 Å². The Morgan fingerprint density at radius 3 is 2.49 bits per heavy atom. The zero-order valence-electron chi connectivity index (χ0n) is 19.8. The summed E-state index contributed by atoms with van der Waals surface area (Å²) in [7, 11) is 1.56. The van der Waals surface area contributed by atoms with Crippen LogP contribution in [0.15, 0.2) is 30.7 Å². The molecule has 5 rings (SSSR count). The summed E-state index contributed by atoms with van der Waals surface area (Å²) < 4.78 is 14.6. The molecular formula is C24H29N7O4. The lowest BCUT2D eigenvalue weighted by atomic mass is 9.92. The summed E-state index contributed by atoms with van der Waals surface area (Å²) in [5.41, 5.74) is 7.85. The second-order valence-corrected chi connectivity index (χ2v) is 9.10. The molecule has 0 spiro atoms. The van der Waals surface area contributed by atoms with Gasteiger partial charge in [-0.1, -0.05) is 0 Å².